The number of amides is 1. The Kier molecular flexibility index (Phi) is 4.02. The molecule has 0 aliphatic rings. The van der Waals surface area contributed by atoms with Crippen molar-refractivity contribution in [3.8, 4) is 5.82 Å². The van der Waals surface area contributed by atoms with Gasteiger partial charge >= 0.3 is 0 Å². The van der Waals surface area contributed by atoms with Crippen molar-refractivity contribution in [1.29, 1.82) is 0 Å². The summed E-state index contributed by atoms with van der Waals surface area (Å²) >= 11 is 0. The number of hydrogen-bond donors (Lipinski definition) is 1. The number of pyridine rings is 1. The molecule has 19 heavy (non-hydrogen) atoms. The molecule has 0 atom stereocenters. The molecule has 1 amide bonds. The molecule has 2 aromatic rings. The molecule has 1 N–H and O–H groups in total. The third-order valence-corrected chi connectivity index (χ3v) is 2.35. The number of rotatable bonds is 4. The zero-order valence-corrected chi connectivity index (χ0v) is 10.9. The van der Waals surface area contributed by atoms with E-state index in [-0.39, 0.29) is 5.91 Å². The van der Waals surface area contributed by atoms with Crippen LogP contribution in [0, 0.1) is 0 Å². The van der Waals surface area contributed by atoms with Crippen molar-refractivity contribution in [2.75, 3.05) is 0 Å². The highest BCUT2D eigenvalue weighted by Gasteiger charge is 2.00. The molecule has 2 heterocycles. The summed E-state index contributed by atoms with van der Waals surface area (Å²) in [6.45, 7) is 4.22. The van der Waals surface area contributed by atoms with Gasteiger partial charge in [-0.05, 0) is 25.5 Å². The van der Waals surface area contributed by atoms with Gasteiger partial charge in [0, 0.05) is 18.8 Å². The van der Waals surface area contributed by atoms with Gasteiger partial charge in [-0.1, -0.05) is 11.6 Å². The maximum absolute atomic E-state index is 11.5. The normalized spacial score (nSPS) is 10.0. The van der Waals surface area contributed by atoms with Gasteiger partial charge in [0.25, 0.3) is 0 Å². The van der Waals surface area contributed by atoms with Crippen LogP contribution in [0.4, 0.5) is 0 Å². The second-order valence-electron chi connectivity index (χ2n) is 4.30. The standard InChI is InChI=1S/C13H15N5O/c1-10(2)5-13(19)16-7-11-3-4-12(15-6-11)18-9-14-8-17-18/h3-6,8-9H,7H2,1-2H3,(H,16,19). The van der Waals surface area contributed by atoms with Crippen LogP contribution in [-0.2, 0) is 11.3 Å². The number of carbonyl (C=O) groups is 1. The fraction of sp³-hybridized carbons (Fsp3) is 0.231. The molecule has 0 spiro atoms. The van der Waals surface area contributed by atoms with Gasteiger partial charge in [0.05, 0.1) is 0 Å². The molecule has 98 valence electrons. The van der Waals surface area contributed by atoms with E-state index in [0.717, 1.165) is 11.1 Å². The van der Waals surface area contributed by atoms with E-state index in [1.54, 1.807) is 23.3 Å². The van der Waals surface area contributed by atoms with Crippen molar-refractivity contribution in [2.45, 2.75) is 20.4 Å². The van der Waals surface area contributed by atoms with Gasteiger partial charge in [-0.15, -0.1) is 0 Å². The van der Waals surface area contributed by atoms with E-state index < -0.39 is 0 Å². The zero-order valence-electron chi connectivity index (χ0n) is 10.9. The van der Waals surface area contributed by atoms with Crippen molar-refractivity contribution >= 4 is 5.91 Å². The average molecular weight is 257 g/mol. The Balaban J connectivity index is 1.96. The summed E-state index contributed by atoms with van der Waals surface area (Å²) < 4.78 is 1.57. The summed E-state index contributed by atoms with van der Waals surface area (Å²) in [5.74, 6) is 0.595. The van der Waals surface area contributed by atoms with E-state index in [0.29, 0.717) is 12.4 Å². The minimum absolute atomic E-state index is 0.0969. The summed E-state index contributed by atoms with van der Waals surface area (Å²) in [7, 11) is 0. The largest absolute Gasteiger partial charge is 0.348 e. The maximum atomic E-state index is 11.5. The molecule has 6 nitrogen and oxygen atoms in total. The topological polar surface area (TPSA) is 72.7 Å². The monoisotopic (exact) mass is 257 g/mol. The Labute approximate surface area is 111 Å². The fourth-order valence-electron chi connectivity index (χ4n) is 1.49. The van der Waals surface area contributed by atoms with Gasteiger partial charge in [0.15, 0.2) is 5.82 Å². The molecule has 0 aliphatic carbocycles. The molecule has 0 bridgehead atoms. The molecule has 6 heteroatoms. The molecule has 0 fully saturated rings. The maximum Gasteiger partial charge on any atom is 0.244 e. The van der Waals surface area contributed by atoms with Crippen LogP contribution in [0.25, 0.3) is 5.82 Å². The Morgan fingerprint density at radius 1 is 1.42 bits per heavy atom. The van der Waals surface area contributed by atoms with Gasteiger partial charge in [-0.25, -0.2) is 14.6 Å². The van der Waals surface area contributed by atoms with Crippen molar-refractivity contribution < 1.29 is 4.79 Å². The Morgan fingerprint density at radius 2 is 2.26 bits per heavy atom. The third-order valence-electron chi connectivity index (χ3n) is 2.35. The lowest BCUT2D eigenvalue weighted by Gasteiger charge is -2.04. The Hall–Kier alpha value is -2.50. The van der Waals surface area contributed by atoms with E-state index in [9.17, 15) is 4.79 Å². The fourth-order valence-corrected chi connectivity index (χ4v) is 1.49. The van der Waals surface area contributed by atoms with Gasteiger partial charge in [0.2, 0.25) is 5.91 Å². The van der Waals surface area contributed by atoms with Crippen molar-refractivity contribution in [2.24, 2.45) is 0 Å². The number of nitrogens with zero attached hydrogens (tertiary/aromatic N) is 4. The second kappa shape index (κ2) is 5.90. The van der Waals surface area contributed by atoms with E-state index in [1.165, 1.54) is 6.33 Å². The quantitative estimate of drug-likeness (QED) is 0.836. The predicted octanol–water partition coefficient (Wildman–Crippen LogP) is 1.24. The number of allylic oxidation sites excluding steroid dienone is 1. The van der Waals surface area contributed by atoms with E-state index in [1.807, 2.05) is 26.0 Å². The van der Waals surface area contributed by atoms with Crippen molar-refractivity contribution in [3.63, 3.8) is 0 Å². The number of nitrogens with one attached hydrogen (secondary N) is 1. The molecule has 0 saturated heterocycles. The summed E-state index contributed by atoms with van der Waals surface area (Å²) in [5, 5.41) is 6.78. The van der Waals surface area contributed by atoms with Crippen LogP contribution >= 0.6 is 0 Å². The Bertz CT molecular complexity index is 568. The first-order valence-electron chi connectivity index (χ1n) is 5.88. The highest BCUT2D eigenvalue weighted by atomic mass is 16.1. The minimum atomic E-state index is -0.0969. The molecule has 0 aromatic carbocycles. The first kappa shape index (κ1) is 12.9. The third kappa shape index (κ3) is 3.74. The summed E-state index contributed by atoms with van der Waals surface area (Å²) in [4.78, 5) is 19.6. The van der Waals surface area contributed by atoms with E-state index in [2.05, 4.69) is 20.4 Å². The van der Waals surface area contributed by atoms with E-state index >= 15 is 0 Å². The molecule has 0 aliphatic heterocycles. The van der Waals surface area contributed by atoms with Crippen LogP contribution in [0.1, 0.15) is 19.4 Å². The lowest BCUT2D eigenvalue weighted by Crippen LogP contribution is -2.20. The highest BCUT2D eigenvalue weighted by molar-refractivity contribution is 5.87. The van der Waals surface area contributed by atoms with Crippen LogP contribution in [0.5, 0.6) is 0 Å². The van der Waals surface area contributed by atoms with Gasteiger partial charge in [0.1, 0.15) is 12.7 Å². The second-order valence-corrected chi connectivity index (χ2v) is 4.30. The van der Waals surface area contributed by atoms with Gasteiger partial charge < -0.3 is 5.32 Å². The zero-order chi connectivity index (χ0) is 13.7. The summed E-state index contributed by atoms with van der Waals surface area (Å²) in [5.41, 5.74) is 1.90. The number of carbonyl (C=O) groups excluding carboxylic acids is 1. The number of aromatic nitrogens is 4. The SMILES string of the molecule is CC(C)=CC(=O)NCc1ccc(-n2cncn2)nc1. The molecule has 0 unspecified atom stereocenters. The molecule has 0 radical (unpaired) electrons. The Morgan fingerprint density at radius 3 is 2.84 bits per heavy atom. The average Bonchev–Trinajstić information content (AvgIpc) is 2.90. The first-order chi connectivity index (χ1) is 9.15. The lowest BCUT2D eigenvalue weighted by atomic mass is 10.2. The highest BCUT2D eigenvalue weighted by Crippen LogP contribution is 2.03. The van der Waals surface area contributed by atoms with Crippen LogP contribution in [0.15, 0.2) is 42.6 Å². The first-order valence-corrected chi connectivity index (χ1v) is 5.88. The number of hydrogen-bond acceptors (Lipinski definition) is 4. The summed E-state index contributed by atoms with van der Waals surface area (Å²) in [6.07, 6.45) is 6.31. The van der Waals surface area contributed by atoms with Crippen LogP contribution in [-0.4, -0.2) is 25.7 Å². The van der Waals surface area contributed by atoms with Crippen LogP contribution < -0.4 is 5.32 Å². The van der Waals surface area contributed by atoms with Gasteiger partial charge in [-0.3, -0.25) is 4.79 Å². The minimum Gasteiger partial charge on any atom is -0.348 e. The van der Waals surface area contributed by atoms with E-state index in [4.69, 9.17) is 0 Å². The van der Waals surface area contributed by atoms with Crippen LogP contribution in [0.2, 0.25) is 0 Å². The van der Waals surface area contributed by atoms with Crippen molar-refractivity contribution in [3.05, 3.63) is 48.2 Å². The molecular formula is C13H15N5O. The lowest BCUT2D eigenvalue weighted by molar-refractivity contribution is -0.116. The smallest absolute Gasteiger partial charge is 0.244 e. The molecule has 2 rings (SSSR count). The summed E-state index contributed by atoms with van der Waals surface area (Å²) in [6, 6.07) is 3.73. The molecular weight excluding hydrogens is 242 g/mol. The van der Waals surface area contributed by atoms with Gasteiger partial charge in [-0.2, -0.15) is 5.10 Å². The molecule has 0 saturated carbocycles. The van der Waals surface area contributed by atoms with Crippen LogP contribution in [0.3, 0.4) is 0 Å². The molecule has 2 aromatic heterocycles. The predicted molar refractivity (Wildman–Crippen MR) is 70.4 cm³/mol. The van der Waals surface area contributed by atoms with Crippen molar-refractivity contribution in [1.82, 2.24) is 25.1 Å².